The average Bonchev–Trinajstić information content (AvgIpc) is 3.05. The third-order valence-corrected chi connectivity index (χ3v) is 6.62. The largest absolute Gasteiger partial charge is 0.497 e. The molecule has 1 aliphatic carbocycles. The van der Waals surface area contributed by atoms with Crippen molar-refractivity contribution in [1.29, 1.82) is 0 Å². The number of allylic oxidation sites excluding steroid dienone is 1. The van der Waals surface area contributed by atoms with Crippen LogP contribution in [0.2, 0.25) is 0 Å². The second kappa shape index (κ2) is 9.14. The first kappa shape index (κ1) is 21.9. The van der Waals surface area contributed by atoms with Crippen LogP contribution in [0.15, 0.2) is 78.0 Å². The number of ketones is 1. The van der Waals surface area contributed by atoms with Crippen LogP contribution in [0.5, 0.6) is 17.2 Å². The molecule has 174 valence electrons. The molecule has 2 aliphatic rings. The Morgan fingerprint density at radius 3 is 2.32 bits per heavy atom. The van der Waals surface area contributed by atoms with Crippen LogP contribution in [0.4, 0.5) is 11.4 Å². The van der Waals surface area contributed by atoms with Crippen LogP contribution in [0, 0.1) is 0 Å². The van der Waals surface area contributed by atoms with Crippen LogP contribution in [0.1, 0.15) is 35.9 Å². The van der Waals surface area contributed by atoms with Gasteiger partial charge in [0.15, 0.2) is 17.3 Å². The van der Waals surface area contributed by atoms with Crippen molar-refractivity contribution >= 4 is 17.2 Å². The molecule has 0 fully saturated rings. The van der Waals surface area contributed by atoms with E-state index in [4.69, 9.17) is 14.2 Å². The third-order valence-electron chi connectivity index (χ3n) is 6.62. The highest BCUT2D eigenvalue weighted by atomic mass is 16.5. The van der Waals surface area contributed by atoms with Crippen LogP contribution in [0.25, 0.3) is 0 Å². The van der Waals surface area contributed by atoms with Crippen molar-refractivity contribution in [2.24, 2.45) is 0 Å². The summed E-state index contributed by atoms with van der Waals surface area (Å²) in [4.78, 5) is 13.7. The first-order valence-electron chi connectivity index (χ1n) is 11.4. The number of anilines is 2. The maximum absolute atomic E-state index is 13.7. The average molecular weight is 457 g/mol. The standard InChI is InChI=1S/C28H28N2O4/c1-32-20-8-6-7-18(13-20)28-27-23(29-21-9-4-5-10-22(21)30-28)14-19(15-24(27)31)17-11-12-25(33-2)26(16-17)34-3/h4-13,16,19,28-30H,14-15H2,1-3H3. The highest BCUT2D eigenvalue weighted by Crippen LogP contribution is 2.45. The van der Waals surface area contributed by atoms with Gasteiger partial charge in [-0.15, -0.1) is 0 Å². The summed E-state index contributed by atoms with van der Waals surface area (Å²) in [6.07, 6.45) is 1.14. The number of carbonyl (C=O) groups is 1. The van der Waals surface area contributed by atoms with Crippen LogP contribution in [0.3, 0.4) is 0 Å². The van der Waals surface area contributed by atoms with Crippen LogP contribution >= 0.6 is 0 Å². The summed E-state index contributed by atoms with van der Waals surface area (Å²) >= 11 is 0. The van der Waals surface area contributed by atoms with E-state index in [1.807, 2.05) is 66.7 Å². The van der Waals surface area contributed by atoms with Crippen molar-refractivity contribution in [2.75, 3.05) is 32.0 Å². The number of Topliss-reactive ketones (excluding diaryl/α,β-unsaturated/α-hetero) is 1. The maximum atomic E-state index is 13.7. The van der Waals surface area contributed by atoms with Crippen LogP contribution < -0.4 is 24.8 Å². The summed E-state index contributed by atoms with van der Waals surface area (Å²) in [7, 11) is 4.90. The zero-order valence-electron chi connectivity index (χ0n) is 19.6. The fourth-order valence-electron chi connectivity index (χ4n) is 4.91. The lowest BCUT2D eigenvalue weighted by Gasteiger charge is -2.30. The molecule has 3 aromatic rings. The molecule has 3 aromatic carbocycles. The molecule has 0 saturated carbocycles. The molecule has 0 spiro atoms. The molecule has 5 rings (SSSR count). The van der Waals surface area contributed by atoms with Crippen LogP contribution in [-0.4, -0.2) is 27.1 Å². The molecular weight excluding hydrogens is 428 g/mol. The first-order valence-corrected chi connectivity index (χ1v) is 11.4. The van der Waals surface area contributed by atoms with E-state index in [-0.39, 0.29) is 17.7 Å². The minimum absolute atomic E-state index is 0.0368. The van der Waals surface area contributed by atoms with E-state index in [1.54, 1.807) is 21.3 Å². The Hall–Kier alpha value is -3.93. The molecular formula is C28H28N2O4. The smallest absolute Gasteiger partial charge is 0.163 e. The number of ether oxygens (including phenoxy) is 3. The summed E-state index contributed by atoms with van der Waals surface area (Å²) in [5.74, 6) is 2.27. The highest BCUT2D eigenvalue weighted by Gasteiger charge is 2.36. The quantitative estimate of drug-likeness (QED) is 0.514. The molecule has 1 heterocycles. The molecule has 0 amide bonds. The van der Waals surface area contributed by atoms with Gasteiger partial charge < -0.3 is 24.8 Å². The second-order valence-electron chi connectivity index (χ2n) is 8.56. The number of methoxy groups -OCH3 is 3. The molecule has 6 heteroatoms. The number of hydrogen-bond acceptors (Lipinski definition) is 6. The van der Waals surface area contributed by atoms with E-state index < -0.39 is 0 Å². The molecule has 2 atom stereocenters. The van der Waals surface area contributed by atoms with E-state index >= 15 is 0 Å². The Balaban J connectivity index is 1.58. The predicted molar refractivity (Wildman–Crippen MR) is 133 cm³/mol. The monoisotopic (exact) mass is 456 g/mol. The fourth-order valence-corrected chi connectivity index (χ4v) is 4.91. The summed E-state index contributed by atoms with van der Waals surface area (Å²) < 4.78 is 16.4. The Bertz CT molecular complexity index is 1270. The van der Waals surface area contributed by atoms with E-state index in [0.717, 1.165) is 39.5 Å². The van der Waals surface area contributed by atoms with Gasteiger partial charge in [0.2, 0.25) is 0 Å². The SMILES string of the molecule is COc1cccc(C2Nc3ccccc3NC3=C2C(=O)CC(c2ccc(OC)c(OC)c2)C3)c1. The van der Waals surface area contributed by atoms with Crippen molar-refractivity contribution in [3.63, 3.8) is 0 Å². The van der Waals surface area contributed by atoms with E-state index in [2.05, 4.69) is 10.6 Å². The number of fused-ring (bicyclic) bond motifs is 1. The van der Waals surface area contributed by atoms with Crippen LogP contribution in [-0.2, 0) is 4.79 Å². The van der Waals surface area contributed by atoms with Gasteiger partial charge in [0.05, 0.1) is 38.7 Å². The predicted octanol–water partition coefficient (Wildman–Crippen LogP) is 5.69. The number of hydrogen-bond donors (Lipinski definition) is 2. The summed E-state index contributed by atoms with van der Waals surface area (Å²) in [5.41, 5.74) is 5.69. The van der Waals surface area contributed by atoms with Gasteiger partial charge in [-0.25, -0.2) is 0 Å². The normalized spacial score (nSPS) is 19.2. The Morgan fingerprint density at radius 1 is 0.765 bits per heavy atom. The lowest BCUT2D eigenvalue weighted by molar-refractivity contribution is -0.116. The summed E-state index contributed by atoms with van der Waals surface area (Å²) in [6.45, 7) is 0. The van der Waals surface area contributed by atoms with Gasteiger partial charge in [-0.1, -0.05) is 30.3 Å². The van der Waals surface area contributed by atoms with Crippen molar-refractivity contribution in [2.45, 2.75) is 24.8 Å². The molecule has 1 aliphatic heterocycles. The lowest BCUT2D eigenvalue weighted by Crippen LogP contribution is -2.26. The van der Waals surface area contributed by atoms with Gasteiger partial charge >= 0.3 is 0 Å². The number of benzene rings is 3. The fraction of sp³-hybridized carbons (Fsp3) is 0.250. The molecule has 0 bridgehead atoms. The first-order chi connectivity index (χ1) is 16.6. The molecule has 0 aromatic heterocycles. The zero-order chi connectivity index (χ0) is 23.7. The number of carbonyl (C=O) groups excluding carboxylic acids is 1. The van der Waals surface area contributed by atoms with Crippen molar-refractivity contribution in [1.82, 2.24) is 0 Å². The molecule has 2 N–H and O–H groups in total. The van der Waals surface area contributed by atoms with Gasteiger partial charge in [0.1, 0.15) is 5.75 Å². The summed E-state index contributed by atoms with van der Waals surface area (Å²) in [6, 6.07) is 21.6. The van der Waals surface area contributed by atoms with Gasteiger partial charge in [0, 0.05) is 17.7 Å². The Labute approximate surface area is 199 Å². The van der Waals surface area contributed by atoms with Crippen molar-refractivity contribution in [3.05, 3.63) is 89.1 Å². The van der Waals surface area contributed by atoms with Crippen molar-refractivity contribution < 1.29 is 19.0 Å². The van der Waals surface area contributed by atoms with Gasteiger partial charge in [0.25, 0.3) is 0 Å². The Morgan fingerprint density at radius 2 is 1.56 bits per heavy atom. The molecule has 0 saturated heterocycles. The maximum Gasteiger partial charge on any atom is 0.163 e. The number of para-hydroxylation sites is 2. The van der Waals surface area contributed by atoms with E-state index in [9.17, 15) is 4.79 Å². The van der Waals surface area contributed by atoms with Gasteiger partial charge in [-0.05, 0) is 59.9 Å². The van der Waals surface area contributed by atoms with Gasteiger partial charge in [-0.2, -0.15) is 0 Å². The molecule has 6 nitrogen and oxygen atoms in total. The number of nitrogens with one attached hydrogen (secondary N) is 2. The van der Waals surface area contributed by atoms with E-state index in [0.29, 0.717) is 24.3 Å². The molecule has 0 radical (unpaired) electrons. The lowest BCUT2D eigenvalue weighted by atomic mass is 9.78. The second-order valence-corrected chi connectivity index (χ2v) is 8.56. The third kappa shape index (κ3) is 3.96. The molecule has 2 unspecified atom stereocenters. The zero-order valence-corrected chi connectivity index (χ0v) is 19.6. The topological polar surface area (TPSA) is 68.8 Å². The van der Waals surface area contributed by atoms with E-state index in [1.165, 1.54) is 0 Å². The molecule has 34 heavy (non-hydrogen) atoms. The minimum Gasteiger partial charge on any atom is -0.497 e. The minimum atomic E-state index is -0.278. The van der Waals surface area contributed by atoms with Crippen molar-refractivity contribution in [3.8, 4) is 17.2 Å². The Kier molecular flexibility index (Phi) is 5.88. The van der Waals surface area contributed by atoms with Gasteiger partial charge in [-0.3, -0.25) is 4.79 Å². The summed E-state index contributed by atoms with van der Waals surface area (Å²) in [5, 5.41) is 7.19. The highest BCUT2D eigenvalue weighted by molar-refractivity contribution is 6.01. The number of rotatable bonds is 5.